The minimum atomic E-state index is -1.08. The lowest BCUT2D eigenvalue weighted by molar-refractivity contribution is 0.0693. The number of carboxylic acids is 1. The average molecular weight is 1110 g/mol. The second kappa shape index (κ2) is 18.5. The maximum atomic E-state index is 13.4. The van der Waals surface area contributed by atoms with Gasteiger partial charge in [0.05, 0.1) is 31.8 Å². The highest BCUT2D eigenvalue weighted by Crippen LogP contribution is 2.54. The number of aromatic amines is 3. The number of hydrogen-bond donors (Lipinski definition) is 4. The fourth-order valence-electron chi connectivity index (χ4n) is 10.6. The molecule has 7 nitrogen and oxygen atoms in total. The molecule has 13 heteroatoms. The van der Waals surface area contributed by atoms with E-state index in [-0.39, 0.29) is 16.4 Å². The summed E-state index contributed by atoms with van der Waals surface area (Å²) >= 11 is 42.9. The van der Waals surface area contributed by atoms with Crippen molar-refractivity contribution in [1.82, 2.24) is 15.0 Å². The van der Waals surface area contributed by atoms with E-state index in [4.69, 9.17) is 79.3 Å². The zero-order valence-electron chi connectivity index (χ0n) is 42.2. The number of rotatable bonds is 5. The molecule has 6 heterocycles. The van der Waals surface area contributed by atoms with E-state index < -0.39 is 17.4 Å². The molecule has 5 aromatic carbocycles. The number of H-pyrrole nitrogens is 3. The van der Waals surface area contributed by atoms with Gasteiger partial charge in [-0.3, -0.25) is 4.99 Å². The van der Waals surface area contributed by atoms with Gasteiger partial charge in [-0.05, 0) is 113 Å². The predicted octanol–water partition coefficient (Wildman–Crippen LogP) is 14.6. The lowest BCUT2D eigenvalue weighted by Gasteiger charge is -2.39. The monoisotopic (exact) mass is 1110 g/mol. The van der Waals surface area contributed by atoms with Crippen molar-refractivity contribution in [1.29, 1.82) is 0 Å². The summed E-state index contributed by atoms with van der Waals surface area (Å²) in [6, 6.07) is 35.9. The molecular formula is C62H50Cl6N4O3. The molecule has 3 aliphatic heterocycles. The van der Waals surface area contributed by atoms with Gasteiger partial charge < -0.3 is 24.8 Å². The van der Waals surface area contributed by atoms with E-state index in [1.54, 1.807) is 6.07 Å². The van der Waals surface area contributed by atoms with E-state index in [1.165, 1.54) is 0 Å². The molecule has 0 amide bonds. The average Bonchev–Trinajstić information content (AvgIpc) is 4.20. The summed E-state index contributed by atoms with van der Waals surface area (Å²) < 4.78 is 7.16. The third kappa shape index (κ3) is 8.70. The van der Waals surface area contributed by atoms with Gasteiger partial charge in [0.25, 0.3) is 0 Å². The van der Waals surface area contributed by atoms with Crippen LogP contribution >= 0.6 is 69.6 Å². The Bertz CT molecular complexity index is 4040. The summed E-state index contributed by atoms with van der Waals surface area (Å²) in [6.07, 6.45) is 4.05. The maximum Gasteiger partial charge on any atom is 0.339 e. The Kier molecular flexibility index (Phi) is 12.6. The Morgan fingerprint density at radius 2 is 1.00 bits per heavy atom. The molecule has 11 rings (SSSR count). The van der Waals surface area contributed by atoms with Gasteiger partial charge in [-0.2, -0.15) is 0 Å². The van der Waals surface area contributed by atoms with Gasteiger partial charge >= 0.3 is 5.97 Å². The molecule has 0 spiro atoms. The van der Waals surface area contributed by atoms with Crippen molar-refractivity contribution in [3.05, 3.63) is 240 Å². The van der Waals surface area contributed by atoms with Crippen molar-refractivity contribution in [3.63, 3.8) is 0 Å². The summed E-state index contributed by atoms with van der Waals surface area (Å²) in [7, 11) is 0. The van der Waals surface area contributed by atoms with Crippen molar-refractivity contribution in [3.8, 4) is 11.5 Å². The molecule has 75 heavy (non-hydrogen) atoms. The van der Waals surface area contributed by atoms with Gasteiger partial charge in [-0.25, -0.2) is 4.79 Å². The number of benzene rings is 5. The van der Waals surface area contributed by atoms with Crippen LogP contribution < -0.4 is 26.1 Å². The van der Waals surface area contributed by atoms with Crippen molar-refractivity contribution in [2.45, 2.75) is 77.7 Å². The van der Waals surface area contributed by atoms with Crippen LogP contribution in [0.1, 0.15) is 122 Å². The molecule has 0 aliphatic carbocycles. The third-order valence-corrected chi connectivity index (χ3v) is 16.5. The van der Waals surface area contributed by atoms with Gasteiger partial charge in [-0.15, -0.1) is 0 Å². The largest absolute Gasteiger partial charge is 0.478 e. The Balaban J connectivity index is 1.31. The zero-order valence-corrected chi connectivity index (χ0v) is 46.7. The summed E-state index contributed by atoms with van der Waals surface area (Å²) in [5.74, 6) is -0.260. The quantitative estimate of drug-likeness (QED) is 0.138. The number of halogens is 6. The number of allylic oxidation sites excluding steroid dienone is 1. The molecule has 378 valence electrons. The summed E-state index contributed by atoms with van der Waals surface area (Å²) in [4.78, 5) is 30.3. The number of aliphatic imine (C=N–C) groups is 1. The van der Waals surface area contributed by atoms with Crippen LogP contribution in [0.5, 0.6) is 11.5 Å². The molecule has 3 aliphatic rings. The molecule has 8 bridgehead atoms. The van der Waals surface area contributed by atoms with Crippen molar-refractivity contribution in [2.75, 3.05) is 0 Å². The second-order valence-corrected chi connectivity index (χ2v) is 24.3. The molecule has 3 aromatic heterocycles. The highest BCUT2D eigenvalue weighted by molar-refractivity contribution is 6.39. The van der Waals surface area contributed by atoms with Gasteiger partial charge in [0, 0.05) is 104 Å². The second-order valence-electron chi connectivity index (χ2n) is 21.8. The van der Waals surface area contributed by atoms with Gasteiger partial charge in [0.2, 0.25) is 0 Å². The summed E-state index contributed by atoms with van der Waals surface area (Å²) in [5.41, 5.74) is 9.64. The van der Waals surface area contributed by atoms with Crippen LogP contribution in [0.25, 0.3) is 22.3 Å². The van der Waals surface area contributed by atoms with E-state index in [1.807, 2.05) is 103 Å². The normalized spacial score (nSPS) is 18.9. The summed E-state index contributed by atoms with van der Waals surface area (Å²) in [5, 5.41) is 16.3. The number of carboxylic acid groups (broad SMARTS) is 1. The SMILES string of the molecule is CC(C)(C)c1cc(C(=O)O)c2c(c1)C(C)(C)c1cc(C(C)(C)C)cc(/C3=c4\cc/c([nH]4)=C(\c4c(Cl)cccc4Cl)c4ccc([nH]4)/C(c4c(Cl)cccc4Cl)=c4/cc/c([nH]4)=C(\c4c(Cl)cccc4Cl)C4C=CC3=N4)c1O2. The Hall–Kier alpha value is -6.16. The minimum absolute atomic E-state index is 0.0879. The smallest absolute Gasteiger partial charge is 0.339 e. The fraction of sp³-hybridized carbons (Fsp3) is 0.194. The van der Waals surface area contributed by atoms with E-state index in [9.17, 15) is 9.90 Å². The lowest BCUT2D eigenvalue weighted by atomic mass is 9.70. The molecule has 0 saturated carbocycles. The molecular weight excluding hydrogens is 1060 g/mol. The Labute approximate surface area is 464 Å². The van der Waals surface area contributed by atoms with E-state index >= 15 is 0 Å². The highest BCUT2D eigenvalue weighted by Gasteiger charge is 2.41. The van der Waals surface area contributed by atoms with E-state index in [2.05, 4.69) is 88.5 Å². The molecule has 0 radical (unpaired) electrons. The summed E-state index contributed by atoms with van der Waals surface area (Å²) in [6.45, 7) is 17.1. The van der Waals surface area contributed by atoms with Crippen LogP contribution in [0.15, 0.2) is 132 Å². The van der Waals surface area contributed by atoms with Crippen LogP contribution in [0.2, 0.25) is 30.1 Å². The Morgan fingerprint density at radius 3 is 1.49 bits per heavy atom. The first-order valence-corrected chi connectivity index (χ1v) is 26.7. The first-order valence-electron chi connectivity index (χ1n) is 24.5. The number of fused-ring (bicyclic) bond motifs is 9. The van der Waals surface area contributed by atoms with Gasteiger partial charge in [-0.1, -0.05) is 161 Å². The molecule has 0 saturated heterocycles. The first kappa shape index (κ1) is 51.0. The Morgan fingerprint density at radius 1 is 0.560 bits per heavy atom. The van der Waals surface area contributed by atoms with Crippen LogP contribution in [0.3, 0.4) is 0 Å². The van der Waals surface area contributed by atoms with Crippen LogP contribution in [0.4, 0.5) is 0 Å². The van der Waals surface area contributed by atoms with E-state index in [0.717, 1.165) is 27.8 Å². The van der Waals surface area contributed by atoms with Crippen molar-refractivity contribution in [2.24, 2.45) is 4.99 Å². The van der Waals surface area contributed by atoms with Crippen LogP contribution in [-0.2, 0) is 16.2 Å². The van der Waals surface area contributed by atoms with E-state index in [0.29, 0.717) is 119 Å². The number of ether oxygens (including phenoxy) is 1. The first-order chi connectivity index (χ1) is 35.5. The topological polar surface area (TPSA) is 106 Å². The predicted molar refractivity (Wildman–Crippen MR) is 308 cm³/mol. The number of carbonyl (C=O) groups is 1. The maximum absolute atomic E-state index is 13.4. The zero-order chi connectivity index (χ0) is 53.2. The number of hydrogen-bond acceptors (Lipinski definition) is 3. The van der Waals surface area contributed by atoms with Gasteiger partial charge in [0.15, 0.2) is 0 Å². The lowest BCUT2D eigenvalue weighted by Crippen LogP contribution is -2.29. The molecule has 1 unspecified atom stereocenters. The molecule has 8 aromatic rings. The standard InChI is InChI=1S/C62H50Cl6N4O3/c1-60(2,3)30-26-32(57-34(28-30)62(7,8)35-29-31(61(4,5)6)27-33(59(73)74)58(35)75-57)50-42-18-20-44(69-42)54(51-36(63)12-9-13-37(51)64)46-22-24-48(71-46)56(53-40(67)16-11-17-41(53)68)49-25-23-47(72-49)55(45-21-19-43(50)70-45)52-38(65)14-10-15-39(52)66/h9-29,44,70-72H,1-8H3,(H,73,74)/b50-43-,54-46+,55-45+,56-48+. The van der Waals surface area contributed by atoms with Crippen LogP contribution in [0, 0.1) is 0 Å². The fourth-order valence-corrected chi connectivity index (χ4v) is 12.4. The molecule has 4 N–H and O–H groups in total. The number of nitrogens with one attached hydrogen (secondary N) is 3. The number of nitrogens with zero attached hydrogens (tertiary/aromatic N) is 1. The van der Waals surface area contributed by atoms with Crippen molar-refractivity contribution < 1.29 is 14.6 Å². The number of aromatic nitrogens is 3. The number of aromatic carboxylic acids is 1. The van der Waals surface area contributed by atoms with Gasteiger partial charge in [0.1, 0.15) is 17.1 Å². The van der Waals surface area contributed by atoms with Crippen LogP contribution in [-0.4, -0.2) is 37.8 Å². The minimum Gasteiger partial charge on any atom is -0.478 e. The molecule has 1 atom stereocenters. The third-order valence-electron chi connectivity index (χ3n) is 14.6. The molecule has 0 fully saturated rings. The highest BCUT2D eigenvalue weighted by atomic mass is 35.5. The van der Waals surface area contributed by atoms with Crippen molar-refractivity contribution >= 4 is 104 Å².